The fraction of sp³-hybridized carbons (Fsp3) is 0.222. The van der Waals surface area contributed by atoms with Crippen molar-refractivity contribution in [2.24, 2.45) is 0 Å². The van der Waals surface area contributed by atoms with Gasteiger partial charge in [-0.2, -0.15) is 5.10 Å². The molecule has 0 saturated carbocycles. The third-order valence-electron chi connectivity index (χ3n) is 3.67. The second-order valence-corrected chi connectivity index (χ2v) is 7.05. The molecule has 0 bridgehead atoms. The molecule has 0 saturated heterocycles. The maximum Gasteiger partial charge on any atom is 0.266 e. The number of carbonyl (C=O) groups is 1. The van der Waals surface area contributed by atoms with Crippen molar-refractivity contribution < 1.29 is 9.53 Å². The number of thiophene rings is 1. The van der Waals surface area contributed by atoms with Gasteiger partial charge in [-0.25, -0.2) is 4.68 Å². The number of ether oxygens (including phenoxy) is 1. The highest BCUT2D eigenvalue weighted by molar-refractivity contribution is 7.09. The molecule has 3 rings (SSSR count). The van der Waals surface area contributed by atoms with Crippen LogP contribution in [0.1, 0.15) is 17.4 Å². The van der Waals surface area contributed by atoms with E-state index in [0.29, 0.717) is 23.1 Å². The molecule has 0 aliphatic rings. The van der Waals surface area contributed by atoms with Crippen LogP contribution in [0.5, 0.6) is 5.75 Å². The van der Waals surface area contributed by atoms with Crippen LogP contribution < -0.4 is 10.1 Å². The van der Waals surface area contributed by atoms with Gasteiger partial charge in [0.15, 0.2) is 6.10 Å². The fourth-order valence-corrected chi connectivity index (χ4v) is 3.09. The summed E-state index contributed by atoms with van der Waals surface area (Å²) in [5.74, 6) is 1.01. The van der Waals surface area contributed by atoms with Crippen LogP contribution in [0.4, 0.5) is 5.82 Å². The Morgan fingerprint density at radius 2 is 2.24 bits per heavy atom. The number of amides is 1. The summed E-state index contributed by atoms with van der Waals surface area (Å²) in [7, 11) is 0. The number of hydrogen-bond acceptors (Lipinski definition) is 4. The molecule has 5 nitrogen and oxygen atoms in total. The predicted octanol–water partition coefficient (Wildman–Crippen LogP) is 4.36. The highest BCUT2D eigenvalue weighted by Crippen LogP contribution is 2.22. The van der Waals surface area contributed by atoms with Crippen molar-refractivity contribution in [2.75, 3.05) is 5.32 Å². The first-order valence-electron chi connectivity index (χ1n) is 7.81. The minimum absolute atomic E-state index is 0.236. The van der Waals surface area contributed by atoms with Gasteiger partial charge >= 0.3 is 0 Å². The number of halogens is 1. The molecule has 1 atom stereocenters. The highest BCUT2D eigenvalue weighted by atomic mass is 35.5. The van der Waals surface area contributed by atoms with Gasteiger partial charge < -0.3 is 10.1 Å². The minimum atomic E-state index is -0.648. The van der Waals surface area contributed by atoms with E-state index in [1.165, 1.54) is 4.88 Å². The van der Waals surface area contributed by atoms with Gasteiger partial charge in [0.1, 0.15) is 11.6 Å². The zero-order valence-corrected chi connectivity index (χ0v) is 15.5. The summed E-state index contributed by atoms with van der Waals surface area (Å²) in [6.45, 7) is 4.22. The third kappa shape index (κ3) is 4.41. The van der Waals surface area contributed by atoms with Crippen LogP contribution in [-0.2, 0) is 11.3 Å². The molecule has 2 aromatic heterocycles. The monoisotopic (exact) mass is 375 g/mol. The van der Waals surface area contributed by atoms with Crippen LogP contribution in [0.2, 0.25) is 5.02 Å². The number of nitrogens with zero attached hydrogens (tertiary/aromatic N) is 2. The minimum Gasteiger partial charge on any atom is -0.481 e. The lowest BCUT2D eigenvalue weighted by Gasteiger charge is -2.16. The first kappa shape index (κ1) is 17.5. The molecule has 2 heterocycles. The molecule has 130 valence electrons. The third-order valence-corrected chi connectivity index (χ3v) is 4.95. The quantitative estimate of drug-likeness (QED) is 0.696. The number of aryl methyl sites for hydroxylation is 1. The Bertz CT molecular complexity index is 861. The van der Waals surface area contributed by atoms with Gasteiger partial charge in [0.2, 0.25) is 0 Å². The van der Waals surface area contributed by atoms with E-state index in [0.717, 1.165) is 5.56 Å². The molecule has 7 heteroatoms. The van der Waals surface area contributed by atoms with Gasteiger partial charge in [0.05, 0.1) is 12.7 Å². The number of anilines is 1. The molecule has 0 fully saturated rings. The van der Waals surface area contributed by atoms with Gasteiger partial charge in [-0.05, 0) is 49.1 Å². The van der Waals surface area contributed by atoms with Crippen molar-refractivity contribution in [1.82, 2.24) is 9.78 Å². The molecule has 1 N–H and O–H groups in total. The van der Waals surface area contributed by atoms with Gasteiger partial charge in [-0.1, -0.05) is 17.7 Å². The number of nitrogens with one attached hydrogen (secondary N) is 1. The Hall–Kier alpha value is -2.31. The van der Waals surface area contributed by atoms with E-state index < -0.39 is 6.10 Å². The van der Waals surface area contributed by atoms with Gasteiger partial charge in [-0.15, -0.1) is 11.3 Å². The van der Waals surface area contributed by atoms with E-state index in [2.05, 4.69) is 10.4 Å². The van der Waals surface area contributed by atoms with Gasteiger partial charge in [-0.3, -0.25) is 4.79 Å². The van der Waals surface area contributed by atoms with Crippen LogP contribution >= 0.6 is 22.9 Å². The fourth-order valence-electron chi connectivity index (χ4n) is 2.29. The first-order valence-corrected chi connectivity index (χ1v) is 9.06. The Kier molecular flexibility index (Phi) is 5.40. The zero-order chi connectivity index (χ0) is 17.8. The second-order valence-electron chi connectivity index (χ2n) is 5.61. The molecule has 25 heavy (non-hydrogen) atoms. The summed E-state index contributed by atoms with van der Waals surface area (Å²) < 4.78 is 7.46. The number of benzene rings is 1. The second kappa shape index (κ2) is 7.72. The normalized spacial score (nSPS) is 12.0. The number of rotatable bonds is 6. The van der Waals surface area contributed by atoms with Crippen LogP contribution in [-0.4, -0.2) is 21.8 Å². The molecule has 0 aliphatic carbocycles. The van der Waals surface area contributed by atoms with E-state index in [-0.39, 0.29) is 5.91 Å². The molecule has 1 amide bonds. The maximum atomic E-state index is 12.4. The van der Waals surface area contributed by atoms with E-state index in [1.54, 1.807) is 47.3 Å². The smallest absolute Gasteiger partial charge is 0.266 e. The van der Waals surface area contributed by atoms with Crippen molar-refractivity contribution in [3.63, 3.8) is 0 Å². The summed E-state index contributed by atoms with van der Waals surface area (Å²) in [5.41, 5.74) is 0.904. The summed E-state index contributed by atoms with van der Waals surface area (Å²) in [6.07, 6.45) is 1.02. The van der Waals surface area contributed by atoms with E-state index in [4.69, 9.17) is 16.3 Å². The molecule has 0 unspecified atom stereocenters. The SMILES string of the molecule is Cc1cc(O[C@@H](C)C(=O)Nc2ccnn2Cc2cccs2)ccc1Cl. The van der Waals surface area contributed by atoms with E-state index >= 15 is 0 Å². The molecular weight excluding hydrogens is 358 g/mol. The molecule has 0 radical (unpaired) electrons. The molecule has 0 aliphatic heterocycles. The van der Waals surface area contributed by atoms with Crippen molar-refractivity contribution in [3.8, 4) is 5.75 Å². The summed E-state index contributed by atoms with van der Waals surface area (Å²) in [6, 6.07) is 11.1. The van der Waals surface area contributed by atoms with Crippen molar-refractivity contribution >= 4 is 34.7 Å². The Morgan fingerprint density at radius 3 is 2.96 bits per heavy atom. The van der Waals surface area contributed by atoms with E-state index in [9.17, 15) is 4.79 Å². The summed E-state index contributed by atoms with van der Waals surface area (Å²) >= 11 is 7.66. The van der Waals surface area contributed by atoms with E-state index in [1.807, 2.05) is 30.5 Å². The van der Waals surface area contributed by atoms with Crippen LogP contribution in [0.15, 0.2) is 48.0 Å². The Balaban J connectivity index is 1.63. The lowest BCUT2D eigenvalue weighted by molar-refractivity contribution is -0.122. The Morgan fingerprint density at radius 1 is 1.40 bits per heavy atom. The van der Waals surface area contributed by atoms with Crippen molar-refractivity contribution in [2.45, 2.75) is 26.5 Å². The maximum absolute atomic E-state index is 12.4. The number of hydrogen-bond donors (Lipinski definition) is 1. The first-order chi connectivity index (χ1) is 12.0. The Labute approximate surface area is 155 Å². The molecule has 3 aromatic rings. The highest BCUT2D eigenvalue weighted by Gasteiger charge is 2.17. The number of aromatic nitrogens is 2. The van der Waals surface area contributed by atoms with Gasteiger partial charge in [0, 0.05) is 16.0 Å². The zero-order valence-electron chi connectivity index (χ0n) is 13.9. The lowest BCUT2D eigenvalue weighted by atomic mass is 10.2. The van der Waals surface area contributed by atoms with Crippen LogP contribution in [0.3, 0.4) is 0 Å². The van der Waals surface area contributed by atoms with Crippen molar-refractivity contribution in [1.29, 1.82) is 0 Å². The van der Waals surface area contributed by atoms with Crippen molar-refractivity contribution in [3.05, 3.63) is 63.4 Å². The molecular formula is C18H18ClN3O2S. The lowest BCUT2D eigenvalue weighted by Crippen LogP contribution is -2.31. The molecule has 0 spiro atoms. The molecule has 1 aromatic carbocycles. The predicted molar refractivity (Wildman–Crippen MR) is 101 cm³/mol. The van der Waals surface area contributed by atoms with Gasteiger partial charge in [0.25, 0.3) is 5.91 Å². The standard InChI is InChI=1S/C18H18ClN3O2S/c1-12-10-14(5-6-16(12)19)24-13(2)18(23)21-17-7-8-20-22(17)11-15-4-3-9-25-15/h3-10,13H,11H2,1-2H3,(H,21,23)/t13-/m0/s1. The summed E-state index contributed by atoms with van der Waals surface area (Å²) in [5, 5.41) is 9.81. The largest absolute Gasteiger partial charge is 0.481 e. The van der Waals surface area contributed by atoms with Crippen LogP contribution in [0.25, 0.3) is 0 Å². The average molecular weight is 376 g/mol. The summed E-state index contributed by atoms with van der Waals surface area (Å²) in [4.78, 5) is 13.6. The topological polar surface area (TPSA) is 56.1 Å². The van der Waals surface area contributed by atoms with Crippen LogP contribution in [0, 0.1) is 6.92 Å². The number of carbonyl (C=O) groups excluding carboxylic acids is 1. The average Bonchev–Trinajstić information content (AvgIpc) is 3.24.